The summed E-state index contributed by atoms with van der Waals surface area (Å²) in [6, 6.07) is 2.17. The standard InChI is InChI=1S/C30H43FN2O7/c1-29(2,3)15-32-27(35)24-17-6-7-18(12-17)25(24)33-26(34)20-13-23(21(31)14-22(20)39-5)40-19-8-10-30(11-9-19,16-38-4)28(36)37/h13-14,17-19,24-25H,6-12,15-16H2,1-5H3,(H,32,35)(H,33,34)(H,36,37). The molecule has 1 aromatic carbocycles. The van der Waals surface area contributed by atoms with Gasteiger partial charge < -0.3 is 30.0 Å². The number of amides is 2. The first-order chi connectivity index (χ1) is 18.9. The molecule has 0 aliphatic heterocycles. The van der Waals surface area contributed by atoms with Crippen molar-refractivity contribution in [1.82, 2.24) is 10.6 Å². The largest absolute Gasteiger partial charge is 0.496 e. The fourth-order valence-electron chi connectivity index (χ4n) is 6.68. The first-order valence-electron chi connectivity index (χ1n) is 14.2. The van der Waals surface area contributed by atoms with Crippen LogP contribution < -0.4 is 20.1 Å². The first-order valence-corrected chi connectivity index (χ1v) is 14.2. The number of nitrogens with one attached hydrogen (secondary N) is 2. The number of hydrogen-bond acceptors (Lipinski definition) is 6. The molecule has 10 heteroatoms. The van der Waals surface area contributed by atoms with E-state index in [1.54, 1.807) is 0 Å². The molecule has 0 radical (unpaired) electrons. The summed E-state index contributed by atoms with van der Waals surface area (Å²) in [5.41, 5.74) is -0.902. The van der Waals surface area contributed by atoms with Crippen LogP contribution in [0.1, 0.15) is 76.1 Å². The molecule has 0 spiro atoms. The summed E-state index contributed by atoms with van der Waals surface area (Å²) in [6.07, 6.45) is 3.94. The van der Waals surface area contributed by atoms with Gasteiger partial charge in [0.25, 0.3) is 5.91 Å². The highest BCUT2D eigenvalue weighted by molar-refractivity contribution is 5.98. The normalized spacial score (nSPS) is 29.6. The van der Waals surface area contributed by atoms with Gasteiger partial charge in [-0.15, -0.1) is 0 Å². The van der Waals surface area contributed by atoms with Gasteiger partial charge in [0.2, 0.25) is 5.91 Å². The van der Waals surface area contributed by atoms with Gasteiger partial charge in [-0.3, -0.25) is 14.4 Å². The number of methoxy groups -OCH3 is 2. The number of carboxylic acids is 1. The molecule has 4 unspecified atom stereocenters. The van der Waals surface area contributed by atoms with E-state index in [9.17, 15) is 19.5 Å². The number of carbonyl (C=O) groups excluding carboxylic acids is 2. The van der Waals surface area contributed by atoms with Crippen LogP contribution in [-0.2, 0) is 14.3 Å². The lowest BCUT2D eigenvalue weighted by Gasteiger charge is -2.36. The number of rotatable bonds is 10. The van der Waals surface area contributed by atoms with E-state index in [-0.39, 0.29) is 58.8 Å². The van der Waals surface area contributed by atoms with Crippen LogP contribution in [0.4, 0.5) is 4.39 Å². The van der Waals surface area contributed by atoms with Crippen LogP contribution in [-0.4, -0.2) is 62.4 Å². The molecular formula is C30H43FN2O7. The Morgan fingerprint density at radius 2 is 1.73 bits per heavy atom. The van der Waals surface area contributed by atoms with Crippen molar-refractivity contribution in [3.63, 3.8) is 0 Å². The van der Waals surface area contributed by atoms with Gasteiger partial charge in [-0.1, -0.05) is 20.8 Å². The third-order valence-electron chi connectivity index (χ3n) is 8.87. The number of hydrogen-bond donors (Lipinski definition) is 3. The molecule has 0 aromatic heterocycles. The Kier molecular flexibility index (Phi) is 8.97. The molecule has 2 amide bonds. The van der Waals surface area contributed by atoms with Crippen molar-refractivity contribution >= 4 is 17.8 Å². The fourth-order valence-corrected chi connectivity index (χ4v) is 6.68. The zero-order valence-corrected chi connectivity index (χ0v) is 24.2. The number of halogens is 1. The van der Waals surface area contributed by atoms with Crippen LogP contribution in [0.25, 0.3) is 0 Å². The fraction of sp³-hybridized carbons (Fsp3) is 0.700. The maximum atomic E-state index is 15.0. The molecule has 3 fully saturated rings. The lowest BCUT2D eigenvalue weighted by atomic mass is 9.73. The Morgan fingerprint density at radius 3 is 2.33 bits per heavy atom. The van der Waals surface area contributed by atoms with Crippen LogP contribution in [0.15, 0.2) is 12.1 Å². The molecule has 40 heavy (non-hydrogen) atoms. The molecule has 2 bridgehead atoms. The van der Waals surface area contributed by atoms with Crippen molar-refractivity contribution in [1.29, 1.82) is 0 Å². The van der Waals surface area contributed by atoms with Gasteiger partial charge in [0.1, 0.15) is 5.75 Å². The van der Waals surface area contributed by atoms with Crippen molar-refractivity contribution in [2.45, 2.75) is 77.9 Å². The lowest BCUT2D eigenvalue weighted by molar-refractivity contribution is -0.156. The summed E-state index contributed by atoms with van der Waals surface area (Å²) in [5.74, 6) is -1.93. The predicted octanol–water partition coefficient (Wildman–Crippen LogP) is 4.18. The van der Waals surface area contributed by atoms with E-state index in [1.807, 2.05) is 0 Å². The highest BCUT2D eigenvalue weighted by atomic mass is 19.1. The number of benzene rings is 1. The lowest BCUT2D eigenvalue weighted by Crippen LogP contribution is -2.50. The van der Waals surface area contributed by atoms with Crippen molar-refractivity contribution in [2.75, 3.05) is 27.4 Å². The number of fused-ring (bicyclic) bond motifs is 2. The summed E-state index contributed by atoms with van der Waals surface area (Å²) in [7, 11) is 2.85. The van der Waals surface area contributed by atoms with Gasteiger partial charge in [-0.25, -0.2) is 4.39 Å². The van der Waals surface area contributed by atoms with Gasteiger partial charge in [0, 0.05) is 25.8 Å². The zero-order valence-electron chi connectivity index (χ0n) is 24.2. The SMILES string of the molecule is COCC1(C(=O)O)CCC(Oc2cc(C(=O)NC3C4CCC(C4)C3C(=O)NCC(C)(C)C)c(OC)cc2F)CC1. The van der Waals surface area contributed by atoms with Crippen LogP contribution in [0.5, 0.6) is 11.5 Å². The molecule has 3 N–H and O–H groups in total. The second-order valence-electron chi connectivity index (χ2n) is 13.0. The smallest absolute Gasteiger partial charge is 0.311 e. The van der Waals surface area contributed by atoms with E-state index in [1.165, 1.54) is 20.3 Å². The average Bonchev–Trinajstić information content (AvgIpc) is 3.51. The van der Waals surface area contributed by atoms with E-state index in [2.05, 4.69) is 31.4 Å². The highest BCUT2D eigenvalue weighted by Crippen LogP contribution is 2.49. The quantitative estimate of drug-likeness (QED) is 0.391. The van der Waals surface area contributed by atoms with Gasteiger partial charge in [0.15, 0.2) is 11.6 Å². The summed E-state index contributed by atoms with van der Waals surface area (Å²) >= 11 is 0. The number of aliphatic carboxylic acids is 1. The summed E-state index contributed by atoms with van der Waals surface area (Å²) < 4.78 is 31.5. The van der Waals surface area contributed by atoms with Crippen molar-refractivity contribution in [3.8, 4) is 11.5 Å². The van der Waals surface area contributed by atoms with Gasteiger partial charge in [-0.05, 0) is 68.3 Å². The van der Waals surface area contributed by atoms with Crippen LogP contribution in [0.3, 0.4) is 0 Å². The number of carboxylic acid groups (broad SMARTS) is 1. The second kappa shape index (κ2) is 11.9. The molecule has 222 valence electrons. The molecule has 0 heterocycles. The third kappa shape index (κ3) is 6.37. The number of ether oxygens (including phenoxy) is 3. The minimum Gasteiger partial charge on any atom is -0.496 e. The van der Waals surface area contributed by atoms with Gasteiger partial charge in [-0.2, -0.15) is 0 Å². The molecule has 0 saturated heterocycles. The summed E-state index contributed by atoms with van der Waals surface area (Å²) in [5, 5.41) is 15.9. The Hall–Kier alpha value is -2.88. The first kappa shape index (κ1) is 30.1. The molecule has 3 saturated carbocycles. The van der Waals surface area contributed by atoms with E-state index in [0.29, 0.717) is 32.2 Å². The Balaban J connectivity index is 1.48. The average molecular weight is 563 g/mol. The summed E-state index contributed by atoms with van der Waals surface area (Å²) in [6.45, 7) is 6.83. The maximum absolute atomic E-state index is 15.0. The maximum Gasteiger partial charge on any atom is 0.311 e. The minimum absolute atomic E-state index is 0.0364. The Morgan fingerprint density at radius 1 is 1.05 bits per heavy atom. The van der Waals surface area contributed by atoms with E-state index in [0.717, 1.165) is 25.3 Å². The highest BCUT2D eigenvalue weighted by Gasteiger charge is 2.51. The predicted molar refractivity (Wildman–Crippen MR) is 146 cm³/mol. The summed E-state index contributed by atoms with van der Waals surface area (Å²) in [4.78, 5) is 38.6. The topological polar surface area (TPSA) is 123 Å². The van der Waals surface area contributed by atoms with Crippen LogP contribution >= 0.6 is 0 Å². The van der Waals surface area contributed by atoms with Crippen LogP contribution in [0.2, 0.25) is 0 Å². The van der Waals surface area contributed by atoms with E-state index < -0.39 is 29.2 Å². The second-order valence-corrected chi connectivity index (χ2v) is 13.0. The van der Waals surface area contributed by atoms with Gasteiger partial charge >= 0.3 is 5.97 Å². The minimum atomic E-state index is -0.978. The molecule has 4 rings (SSSR count). The number of carbonyl (C=O) groups is 3. The van der Waals surface area contributed by atoms with Gasteiger partial charge in [0.05, 0.1) is 36.7 Å². The molecule has 1 aromatic rings. The monoisotopic (exact) mass is 562 g/mol. The molecule has 4 atom stereocenters. The molecule has 9 nitrogen and oxygen atoms in total. The molecule has 3 aliphatic rings. The Labute approximate surface area is 235 Å². The van der Waals surface area contributed by atoms with E-state index >= 15 is 4.39 Å². The van der Waals surface area contributed by atoms with Crippen molar-refractivity contribution in [3.05, 3.63) is 23.5 Å². The Bertz CT molecular complexity index is 1110. The van der Waals surface area contributed by atoms with Crippen molar-refractivity contribution < 1.29 is 38.1 Å². The third-order valence-corrected chi connectivity index (χ3v) is 8.87. The van der Waals surface area contributed by atoms with E-state index in [4.69, 9.17) is 14.2 Å². The molecule has 3 aliphatic carbocycles. The molecular weight excluding hydrogens is 519 g/mol. The van der Waals surface area contributed by atoms with Crippen molar-refractivity contribution in [2.24, 2.45) is 28.6 Å². The zero-order chi connectivity index (χ0) is 29.2. The van der Waals surface area contributed by atoms with Crippen LogP contribution in [0, 0.1) is 34.4 Å².